The van der Waals surface area contributed by atoms with Crippen LogP contribution in [0.25, 0.3) is 0 Å². The molecule has 74 valence electrons. The van der Waals surface area contributed by atoms with Gasteiger partial charge in [0.2, 0.25) is 0 Å². The summed E-state index contributed by atoms with van der Waals surface area (Å²) in [6.45, 7) is -0.512. The fourth-order valence-corrected chi connectivity index (χ4v) is 0.933. The molecule has 7 nitrogen and oxygen atoms in total. The predicted octanol–water partition coefficient (Wildman–Crippen LogP) is -0.993. The Balaban J connectivity index is 3.29. The zero-order valence-electron chi connectivity index (χ0n) is 5.83. The smallest absolute Gasteiger partial charge is 0.397 e. The molecule has 0 heterocycles. The van der Waals surface area contributed by atoms with Crippen molar-refractivity contribution in [2.75, 3.05) is 13.2 Å². The van der Waals surface area contributed by atoms with Crippen LogP contribution in [0, 0.1) is 0 Å². The number of rotatable bonds is 6. The molecule has 1 atom stereocenters. The molecule has 0 aliphatic heterocycles. The second-order valence-electron chi connectivity index (χ2n) is 1.63. The van der Waals surface area contributed by atoms with Crippen molar-refractivity contribution in [1.82, 2.24) is 0 Å². The van der Waals surface area contributed by atoms with E-state index in [2.05, 4.69) is 8.37 Å². The Morgan fingerprint density at radius 1 is 1.42 bits per heavy atom. The minimum absolute atomic E-state index is 0.0494. The van der Waals surface area contributed by atoms with Crippen molar-refractivity contribution in [3.05, 3.63) is 0 Å². The van der Waals surface area contributed by atoms with Crippen LogP contribution in [-0.2, 0) is 30.1 Å². The second kappa shape index (κ2) is 5.56. The molecule has 0 bridgehead atoms. The van der Waals surface area contributed by atoms with Gasteiger partial charge in [0.25, 0.3) is 0 Å². The highest BCUT2D eigenvalue weighted by molar-refractivity contribution is 7.80. The fraction of sp³-hybridized carbons (Fsp3) is 1.00. The fourth-order valence-electron chi connectivity index (χ4n) is 0.350. The zero-order valence-corrected chi connectivity index (χ0v) is 7.47. The van der Waals surface area contributed by atoms with E-state index in [1.54, 1.807) is 0 Å². The van der Waals surface area contributed by atoms with E-state index in [0.717, 1.165) is 0 Å². The van der Waals surface area contributed by atoms with E-state index in [0.29, 0.717) is 0 Å². The summed E-state index contributed by atoms with van der Waals surface area (Å²) in [7, 11) is -4.43. The Morgan fingerprint density at radius 2 is 2.00 bits per heavy atom. The molecule has 0 aromatic carbocycles. The van der Waals surface area contributed by atoms with Crippen molar-refractivity contribution in [1.29, 1.82) is 0 Å². The van der Waals surface area contributed by atoms with Crippen LogP contribution in [0.5, 0.6) is 0 Å². The second-order valence-corrected chi connectivity index (χ2v) is 3.36. The van der Waals surface area contributed by atoms with E-state index in [-0.39, 0.29) is 19.6 Å². The first-order valence-electron chi connectivity index (χ1n) is 2.76. The monoisotopic (exact) mass is 219 g/mol. The Bertz CT molecular complexity index is 231. The van der Waals surface area contributed by atoms with E-state index >= 15 is 0 Å². The molecule has 0 aliphatic carbocycles. The van der Waals surface area contributed by atoms with Crippen LogP contribution >= 0.6 is 0 Å². The molecule has 12 heavy (non-hydrogen) atoms. The number of hydrogen-bond acceptors (Lipinski definition) is 6. The minimum Gasteiger partial charge on any atom is -0.750 e. The first kappa shape index (κ1) is 11.9. The van der Waals surface area contributed by atoms with E-state index in [1.165, 1.54) is 0 Å². The van der Waals surface area contributed by atoms with E-state index in [9.17, 15) is 17.2 Å². The Kier molecular flexibility index (Phi) is 5.53. The van der Waals surface area contributed by atoms with Gasteiger partial charge in [-0.3, -0.25) is 4.55 Å². The maximum absolute atomic E-state index is 9.90. The lowest BCUT2D eigenvalue weighted by Gasteiger charge is -2.04. The average molecular weight is 219 g/mol. The summed E-state index contributed by atoms with van der Waals surface area (Å²) in [6.07, 6.45) is 0.0494. The highest BCUT2D eigenvalue weighted by Crippen LogP contribution is 1.90. The van der Waals surface area contributed by atoms with Crippen molar-refractivity contribution >= 4 is 21.8 Å². The maximum atomic E-state index is 9.90. The van der Waals surface area contributed by atoms with Crippen LogP contribution in [0.3, 0.4) is 0 Å². The van der Waals surface area contributed by atoms with Crippen LogP contribution in [0.1, 0.15) is 6.42 Å². The molecule has 9 heteroatoms. The van der Waals surface area contributed by atoms with Gasteiger partial charge < -0.3 is 8.74 Å². The third-order valence-electron chi connectivity index (χ3n) is 0.700. The Labute approximate surface area is 72.1 Å². The van der Waals surface area contributed by atoms with Gasteiger partial charge in [-0.05, 0) is 6.42 Å². The van der Waals surface area contributed by atoms with Crippen molar-refractivity contribution in [2.45, 2.75) is 6.42 Å². The molecule has 0 saturated heterocycles. The molecule has 0 spiro atoms. The molecule has 0 aromatic heterocycles. The van der Waals surface area contributed by atoms with Crippen molar-refractivity contribution in [3.8, 4) is 0 Å². The molecule has 0 radical (unpaired) electrons. The third-order valence-corrected chi connectivity index (χ3v) is 1.52. The van der Waals surface area contributed by atoms with Gasteiger partial charge >= 0.3 is 10.4 Å². The highest BCUT2D eigenvalue weighted by Gasteiger charge is 2.02. The SMILES string of the molecule is O=S([O-])OCCCOS(=O)(=O)O. The summed E-state index contributed by atoms with van der Waals surface area (Å²) in [5, 5.41) is 0. The van der Waals surface area contributed by atoms with Crippen molar-refractivity contribution < 1.29 is 30.1 Å². The summed E-state index contributed by atoms with van der Waals surface area (Å²) in [5.74, 6) is 0. The zero-order chi connectivity index (χ0) is 9.61. The lowest BCUT2D eigenvalue weighted by atomic mass is 10.5. The standard InChI is InChI=1S/C3H8O7S2/c4-11(5)9-2-1-3-10-12(6,7)8/h1-3H2,(H,4,5)(H,6,7,8)/p-1. The maximum Gasteiger partial charge on any atom is 0.397 e. The largest absolute Gasteiger partial charge is 0.750 e. The van der Waals surface area contributed by atoms with Crippen LogP contribution in [-0.4, -0.2) is 34.9 Å². The van der Waals surface area contributed by atoms with Gasteiger partial charge in [-0.2, -0.15) is 8.42 Å². The topological polar surface area (TPSA) is 113 Å². The van der Waals surface area contributed by atoms with Crippen LogP contribution in [0.4, 0.5) is 0 Å². The van der Waals surface area contributed by atoms with Gasteiger partial charge in [0.05, 0.1) is 24.6 Å². The van der Waals surface area contributed by atoms with Crippen LogP contribution in [0.15, 0.2) is 0 Å². The molecule has 0 fully saturated rings. The van der Waals surface area contributed by atoms with Gasteiger partial charge in [-0.1, -0.05) is 0 Å². The van der Waals surface area contributed by atoms with E-state index in [4.69, 9.17) is 4.55 Å². The minimum atomic E-state index is -4.43. The average Bonchev–Trinajstić information content (AvgIpc) is 1.83. The van der Waals surface area contributed by atoms with Crippen molar-refractivity contribution in [3.63, 3.8) is 0 Å². The first-order valence-corrected chi connectivity index (χ1v) is 5.13. The van der Waals surface area contributed by atoms with E-state index < -0.39 is 21.8 Å². The molecule has 0 aromatic rings. The normalized spacial score (nSPS) is 14.5. The summed E-state index contributed by atoms with van der Waals surface area (Å²) in [6, 6.07) is 0. The summed E-state index contributed by atoms with van der Waals surface area (Å²) < 4.78 is 55.1. The van der Waals surface area contributed by atoms with Crippen molar-refractivity contribution in [2.24, 2.45) is 0 Å². The highest BCUT2D eigenvalue weighted by atomic mass is 32.3. The predicted molar refractivity (Wildman–Crippen MR) is 37.0 cm³/mol. The summed E-state index contributed by atoms with van der Waals surface area (Å²) in [4.78, 5) is 0. The van der Waals surface area contributed by atoms with Crippen LogP contribution in [0.2, 0.25) is 0 Å². The first-order chi connectivity index (χ1) is 5.42. The summed E-state index contributed by atoms with van der Waals surface area (Å²) in [5.41, 5.74) is 0. The lowest BCUT2D eigenvalue weighted by Crippen LogP contribution is -2.07. The Morgan fingerprint density at radius 3 is 2.42 bits per heavy atom. The van der Waals surface area contributed by atoms with Crippen LogP contribution < -0.4 is 0 Å². The van der Waals surface area contributed by atoms with Gasteiger partial charge in [-0.25, -0.2) is 8.39 Å². The molecule has 0 amide bonds. The van der Waals surface area contributed by atoms with Gasteiger partial charge in [0.15, 0.2) is 0 Å². The Hall–Kier alpha value is -0.0600. The van der Waals surface area contributed by atoms with E-state index in [1.807, 2.05) is 0 Å². The van der Waals surface area contributed by atoms with Gasteiger partial charge in [0, 0.05) is 0 Å². The quantitative estimate of drug-likeness (QED) is 0.346. The van der Waals surface area contributed by atoms with Gasteiger partial charge in [-0.15, -0.1) is 0 Å². The molecule has 1 unspecified atom stereocenters. The molecule has 0 aliphatic rings. The lowest BCUT2D eigenvalue weighted by molar-refractivity contribution is 0.228. The molecule has 1 N–H and O–H groups in total. The third kappa shape index (κ3) is 9.94. The molecule has 0 rings (SSSR count). The number of hydrogen-bond donors (Lipinski definition) is 1. The van der Waals surface area contributed by atoms with Gasteiger partial charge in [0.1, 0.15) is 0 Å². The summed E-state index contributed by atoms with van der Waals surface area (Å²) >= 11 is -2.61. The molecular weight excluding hydrogens is 212 g/mol. The molecule has 0 saturated carbocycles. The molecular formula is C3H7O7S2-.